The highest BCUT2D eigenvalue weighted by Crippen LogP contribution is 2.26. The number of hydrogen-bond acceptors (Lipinski definition) is 3. The molecule has 2 aliphatic rings. The summed E-state index contributed by atoms with van der Waals surface area (Å²) in [7, 11) is -3.50. The van der Waals surface area contributed by atoms with Gasteiger partial charge in [0.2, 0.25) is 15.9 Å². The molecule has 6 nitrogen and oxygen atoms in total. The zero-order chi connectivity index (χ0) is 18.9. The second kappa shape index (κ2) is 7.64. The zero-order valence-corrected chi connectivity index (χ0v) is 16.3. The van der Waals surface area contributed by atoms with E-state index in [2.05, 4.69) is 9.71 Å². The smallest absolute Gasteiger partial charge is 0.241 e. The molecule has 1 aromatic carbocycles. The van der Waals surface area contributed by atoms with E-state index in [0.717, 1.165) is 42.1 Å². The highest BCUT2D eigenvalue weighted by Gasteiger charge is 2.35. The van der Waals surface area contributed by atoms with Crippen molar-refractivity contribution < 1.29 is 13.2 Å². The van der Waals surface area contributed by atoms with Crippen LogP contribution in [-0.4, -0.2) is 48.6 Å². The Hall–Kier alpha value is -1.86. The number of rotatable bonds is 6. The predicted octanol–water partition coefficient (Wildman–Crippen LogP) is 2.56. The first-order chi connectivity index (χ1) is 13.0. The van der Waals surface area contributed by atoms with Crippen LogP contribution >= 0.6 is 0 Å². The molecule has 7 heteroatoms. The molecule has 1 aromatic heterocycles. The average molecular weight is 390 g/mol. The Morgan fingerprint density at radius 3 is 2.59 bits per heavy atom. The Balaban J connectivity index is 1.60. The third-order valence-corrected chi connectivity index (χ3v) is 7.82. The Kier molecular flexibility index (Phi) is 5.23. The van der Waals surface area contributed by atoms with Crippen molar-refractivity contribution in [2.75, 3.05) is 13.1 Å². The van der Waals surface area contributed by atoms with Crippen LogP contribution in [0.4, 0.5) is 0 Å². The molecule has 0 spiro atoms. The molecule has 1 atom stereocenters. The molecule has 2 heterocycles. The van der Waals surface area contributed by atoms with E-state index in [1.54, 1.807) is 4.90 Å². The van der Waals surface area contributed by atoms with Gasteiger partial charge < -0.3 is 9.88 Å². The van der Waals surface area contributed by atoms with Crippen LogP contribution in [0.3, 0.4) is 0 Å². The molecule has 0 bridgehead atoms. The highest BCUT2D eigenvalue weighted by atomic mass is 32.2. The number of benzene rings is 1. The molecule has 1 aliphatic carbocycles. The molecule has 1 saturated carbocycles. The lowest BCUT2D eigenvalue weighted by atomic mass is 10.0. The van der Waals surface area contributed by atoms with E-state index >= 15 is 0 Å². The summed E-state index contributed by atoms with van der Waals surface area (Å²) in [6.07, 6.45) is 7.49. The standard InChI is InChI=1S/C20H27N3O3S/c24-20(23-11-5-6-12-23)19(22-27(25,26)16-7-1-2-8-16)13-15-14-21-18-10-4-3-9-17(15)18/h3-4,9-10,14,16,19,21-22H,1-2,5-8,11-13H2/t19-/m0/s1. The molecule has 1 saturated heterocycles. The first-order valence-electron chi connectivity index (χ1n) is 9.89. The summed E-state index contributed by atoms with van der Waals surface area (Å²) in [6.45, 7) is 1.43. The van der Waals surface area contributed by atoms with Crippen LogP contribution < -0.4 is 4.72 Å². The number of nitrogens with zero attached hydrogens (tertiary/aromatic N) is 1. The van der Waals surface area contributed by atoms with E-state index in [9.17, 15) is 13.2 Å². The molecule has 1 aliphatic heterocycles. The van der Waals surface area contributed by atoms with E-state index in [-0.39, 0.29) is 11.2 Å². The molecule has 146 valence electrons. The van der Waals surface area contributed by atoms with Gasteiger partial charge >= 0.3 is 0 Å². The lowest BCUT2D eigenvalue weighted by molar-refractivity contribution is -0.131. The van der Waals surface area contributed by atoms with E-state index in [0.29, 0.717) is 32.4 Å². The van der Waals surface area contributed by atoms with Gasteiger partial charge in [-0.3, -0.25) is 4.79 Å². The van der Waals surface area contributed by atoms with Gasteiger partial charge in [-0.05, 0) is 43.7 Å². The lowest BCUT2D eigenvalue weighted by Gasteiger charge is -2.25. The van der Waals surface area contributed by atoms with Gasteiger partial charge in [-0.15, -0.1) is 0 Å². The van der Waals surface area contributed by atoms with Gasteiger partial charge in [-0.25, -0.2) is 13.1 Å². The first-order valence-corrected chi connectivity index (χ1v) is 11.4. The number of amides is 1. The van der Waals surface area contributed by atoms with Crippen LogP contribution in [0.5, 0.6) is 0 Å². The number of aromatic amines is 1. The van der Waals surface area contributed by atoms with Gasteiger partial charge in [0.25, 0.3) is 0 Å². The topological polar surface area (TPSA) is 82.3 Å². The molecule has 27 heavy (non-hydrogen) atoms. The summed E-state index contributed by atoms with van der Waals surface area (Å²) in [5, 5.41) is 0.672. The minimum Gasteiger partial charge on any atom is -0.361 e. The van der Waals surface area contributed by atoms with Gasteiger partial charge in [0, 0.05) is 30.2 Å². The number of likely N-dealkylation sites (tertiary alicyclic amines) is 1. The molecule has 2 fully saturated rings. The summed E-state index contributed by atoms with van der Waals surface area (Å²) in [5.74, 6) is -0.0978. The molecular weight excluding hydrogens is 362 g/mol. The number of para-hydroxylation sites is 1. The molecule has 0 radical (unpaired) electrons. The van der Waals surface area contributed by atoms with Gasteiger partial charge in [-0.2, -0.15) is 0 Å². The number of fused-ring (bicyclic) bond motifs is 1. The molecule has 2 N–H and O–H groups in total. The summed E-state index contributed by atoms with van der Waals surface area (Å²) < 4.78 is 28.5. The first kappa shape index (κ1) is 18.5. The predicted molar refractivity (Wildman–Crippen MR) is 106 cm³/mol. The molecular formula is C20H27N3O3S. The fourth-order valence-electron chi connectivity index (χ4n) is 4.35. The molecule has 2 aromatic rings. The van der Waals surface area contributed by atoms with E-state index < -0.39 is 16.1 Å². The average Bonchev–Trinajstić information content (AvgIpc) is 3.41. The van der Waals surface area contributed by atoms with Crippen LogP contribution in [0, 0.1) is 0 Å². The van der Waals surface area contributed by atoms with Crippen LogP contribution in [0.25, 0.3) is 10.9 Å². The van der Waals surface area contributed by atoms with Crippen LogP contribution in [0.1, 0.15) is 44.1 Å². The number of sulfonamides is 1. The fourth-order valence-corrected chi connectivity index (χ4v) is 6.08. The third kappa shape index (κ3) is 3.89. The quantitative estimate of drug-likeness (QED) is 0.797. The summed E-state index contributed by atoms with van der Waals surface area (Å²) in [5.41, 5.74) is 1.97. The van der Waals surface area contributed by atoms with Gasteiger partial charge in [-0.1, -0.05) is 31.0 Å². The van der Waals surface area contributed by atoms with Crippen molar-refractivity contribution in [3.63, 3.8) is 0 Å². The molecule has 0 unspecified atom stereocenters. The van der Waals surface area contributed by atoms with E-state index in [1.165, 1.54) is 0 Å². The molecule has 1 amide bonds. The maximum atomic E-state index is 13.1. The van der Waals surface area contributed by atoms with Crippen molar-refractivity contribution in [1.29, 1.82) is 0 Å². The normalized spacial score (nSPS) is 19.8. The van der Waals surface area contributed by atoms with Crippen LogP contribution in [0.2, 0.25) is 0 Å². The maximum Gasteiger partial charge on any atom is 0.241 e. The number of nitrogens with one attached hydrogen (secondary N) is 2. The van der Waals surface area contributed by atoms with Gasteiger partial charge in [0.05, 0.1) is 5.25 Å². The zero-order valence-electron chi connectivity index (χ0n) is 15.5. The van der Waals surface area contributed by atoms with Crippen molar-refractivity contribution in [2.24, 2.45) is 0 Å². The number of H-pyrrole nitrogens is 1. The van der Waals surface area contributed by atoms with Crippen molar-refractivity contribution in [3.8, 4) is 0 Å². The number of carbonyl (C=O) groups excluding carboxylic acids is 1. The number of carbonyl (C=O) groups is 1. The Morgan fingerprint density at radius 2 is 1.85 bits per heavy atom. The lowest BCUT2D eigenvalue weighted by Crippen LogP contribution is -2.50. The minimum absolute atomic E-state index is 0.0978. The molecule has 4 rings (SSSR count). The maximum absolute atomic E-state index is 13.1. The number of aromatic nitrogens is 1. The van der Waals surface area contributed by atoms with E-state index in [1.807, 2.05) is 30.5 Å². The second-order valence-corrected chi connectivity index (χ2v) is 9.71. The van der Waals surface area contributed by atoms with Crippen molar-refractivity contribution >= 4 is 26.8 Å². The summed E-state index contributed by atoms with van der Waals surface area (Å²) in [4.78, 5) is 18.1. The Morgan fingerprint density at radius 1 is 1.15 bits per heavy atom. The monoisotopic (exact) mass is 389 g/mol. The largest absolute Gasteiger partial charge is 0.361 e. The summed E-state index contributed by atoms with van der Waals surface area (Å²) in [6, 6.07) is 7.16. The van der Waals surface area contributed by atoms with Gasteiger partial charge in [0.1, 0.15) is 6.04 Å². The Labute approximate surface area is 160 Å². The van der Waals surface area contributed by atoms with E-state index in [4.69, 9.17) is 0 Å². The summed E-state index contributed by atoms with van der Waals surface area (Å²) >= 11 is 0. The van der Waals surface area contributed by atoms with Gasteiger partial charge in [0.15, 0.2) is 0 Å². The number of hydrogen-bond donors (Lipinski definition) is 2. The van der Waals surface area contributed by atoms with Crippen molar-refractivity contribution in [1.82, 2.24) is 14.6 Å². The van der Waals surface area contributed by atoms with Crippen LogP contribution in [0.15, 0.2) is 30.5 Å². The van der Waals surface area contributed by atoms with Crippen LogP contribution in [-0.2, 0) is 21.2 Å². The Bertz CT molecular complexity index is 909. The second-order valence-electron chi connectivity index (χ2n) is 7.72. The third-order valence-electron chi connectivity index (χ3n) is 5.86. The SMILES string of the molecule is O=C([C@H](Cc1c[nH]c2ccccc12)NS(=O)(=O)C1CCCC1)N1CCCC1. The van der Waals surface area contributed by atoms with Crippen molar-refractivity contribution in [3.05, 3.63) is 36.0 Å². The van der Waals surface area contributed by atoms with Crippen molar-refractivity contribution in [2.45, 2.75) is 56.2 Å². The fraction of sp³-hybridized carbons (Fsp3) is 0.550. The minimum atomic E-state index is -3.50. The highest BCUT2D eigenvalue weighted by molar-refractivity contribution is 7.90.